The number of sulfonamides is 1. The second-order valence-electron chi connectivity index (χ2n) is 9.92. The van der Waals surface area contributed by atoms with Crippen LogP contribution in [0.3, 0.4) is 0 Å². The normalized spacial score (nSPS) is 29.9. The molecule has 1 N–H and O–H groups in total. The Morgan fingerprint density at radius 3 is 2.39 bits per heavy atom. The standard InChI is InChI=1S/C26H31F2NO6S/c1-17-9-10-23(18-7-5-4-6-8-18)36(32,33)29(17)13-19-11-22(28)20(12-21(19)27)26(24(30)35-3)14-25(31,15-26)16-34-2/h4-8,11-12,17,23,31H,9-10,13-16H2,1-3H3/t17?,23?,25-,26-. The minimum Gasteiger partial charge on any atom is -0.468 e. The van der Waals surface area contributed by atoms with Crippen molar-refractivity contribution in [3.05, 3.63) is 70.8 Å². The topological polar surface area (TPSA) is 93.1 Å². The Bertz CT molecular complexity index is 1230. The average molecular weight is 524 g/mol. The van der Waals surface area contributed by atoms with Crippen LogP contribution in [0.1, 0.15) is 54.5 Å². The smallest absolute Gasteiger partial charge is 0.316 e. The van der Waals surface area contributed by atoms with Gasteiger partial charge >= 0.3 is 5.97 Å². The second kappa shape index (κ2) is 9.81. The number of benzene rings is 2. The van der Waals surface area contributed by atoms with E-state index in [0.29, 0.717) is 18.4 Å². The number of carbonyl (C=O) groups is 1. The number of halogens is 2. The molecule has 0 aromatic heterocycles. The lowest BCUT2D eigenvalue weighted by molar-refractivity contribution is -0.176. The molecule has 10 heteroatoms. The first kappa shape index (κ1) is 26.7. The lowest BCUT2D eigenvalue weighted by Crippen LogP contribution is -2.61. The highest BCUT2D eigenvalue weighted by Crippen LogP contribution is 2.52. The van der Waals surface area contributed by atoms with Crippen molar-refractivity contribution in [2.75, 3.05) is 20.8 Å². The first-order valence-corrected chi connectivity index (χ1v) is 13.3. The molecule has 1 heterocycles. The number of hydrogen-bond donors (Lipinski definition) is 1. The fourth-order valence-electron chi connectivity index (χ4n) is 5.68. The van der Waals surface area contributed by atoms with Crippen LogP contribution in [0.4, 0.5) is 8.78 Å². The molecular formula is C26H31F2NO6S. The molecule has 2 aromatic rings. The molecule has 1 aliphatic carbocycles. The first-order valence-electron chi connectivity index (χ1n) is 11.8. The minimum absolute atomic E-state index is 0.0682. The maximum atomic E-state index is 15.4. The molecule has 0 spiro atoms. The molecule has 2 fully saturated rings. The summed E-state index contributed by atoms with van der Waals surface area (Å²) in [6.07, 6.45) is 0.634. The second-order valence-corrected chi connectivity index (χ2v) is 12.0. The fraction of sp³-hybridized carbons (Fsp3) is 0.500. The van der Waals surface area contributed by atoms with E-state index in [0.717, 1.165) is 19.2 Å². The van der Waals surface area contributed by atoms with Gasteiger partial charge in [0.1, 0.15) is 22.3 Å². The molecule has 0 bridgehead atoms. The molecule has 0 radical (unpaired) electrons. The van der Waals surface area contributed by atoms with Crippen LogP contribution in [-0.4, -0.2) is 56.3 Å². The van der Waals surface area contributed by atoms with Gasteiger partial charge in [-0.05, 0) is 50.3 Å². The third-order valence-corrected chi connectivity index (χ3v) is 9.79. The summed E-state index contributed by atoms with van der Waals surface area (Å²) in [6.45, 7) is 1.34. The summed E-state index contributed by atoms with van der Waals surface area (Å²) in [6, 6.07) is 10.3. The molecule has 1 saturated carbocycles. The third-order valence-electron chi connectivity index (χ3n) is 7.42. The maximum absolute atomic E-state index is 15.4. The van der Waals surface area contributed by atoms with E-state index in [-0.39, 0.29) is 37.1 Å². The van der Waals surface area contributed by atoms with Gasteiger partial charge in [0.05, 0.1) is 19.3 Å². The lowest BCUT2D eigenvalue weighted by atomic mass is 9.56. The van der Waals surface area contributed by atoms with Gasteiger partial charge in [0.2, 0.25) is 10.0 Å². The van der Waals surface area contributed by atoms with Crippen molar-refractivity contribution in [3.63, 3.8) is 0 Å². The van der Waals surface area contributed by atoms with Gasteiger partial charge in [-0.1, -0.05) is 30.3 Å². The van der Waals surface area contributed by atoms with Crippen molar-refractivity contribution in [3.8, 4) is 0 Å². The van der Waals surface area contributed by atoms with Gasteiger partial charge in [0.15, 0.2) is 0 Å². The largest absolute Gasteiger partial charge is 0.468 e. The minimum atomic E-state index is -3.84. The molecule has 7 nitrogen and oxygen atoms in total. The highest BCUT2D eigenvalue weighted by atomic mass is 32.2. The van der Waals surface area contributed by atoms with Crippen LogP contribution in [-0.2, 0) is 36.3 Å². The summed E-state index contributed by atoms with van der Waals surface area (Å²) in [4.78, 5) is 12.6. The van der Waals surface area contributed by atoms with E-state index in [2.05, 4.69) is 0 Å². The van der Waals surface area contributed by atoms with Gasteiger partial charge < -0.3 is 14.6 Å². The van der Waals surface area contributed by atoms with Gasteiger partial charge in [0.25, 0.3) is 0 Å². The van der Waals surface area contributed by atoms with Gasteiger partial charge in [-0.3, -0.25) is 4.79 Å². The van der Waals surface area contributed by atoms with Crippen molar-refractivity contribution >= 4 is 16.0 Å². The molecule has 4 rings (SSSR count). The molecule has 36 heavy (non-hydrogen) atoms. The molecule has 1 aliphatic heterocycles. The van der Waals surface area contributed by atoms with Crippen LogP contribution < -0.4 is 0 Å². The Hall–Kier alpha value is -2.40. The van der Waals surface area contributed by atoms with Gasteiger partial charge in [-0.15, -0.1) is 0 Å². The number of carbonyl (C=O) groups excluding carboxylic acids is 1. The summed E-state index contributed by atoms with van der Waals surface area (Å²) >= 11 is 0. The van der Waals surface area contributed by atoms with Crippen molar-refractivity contribution in [1.29, 1.82) is 0 Å². The zero-order valence-electron chi connectivity index (χ0n) is 20.5. The highest BCUT2D eigenvalue weighted by Gasteiger charge is 2.61. The number of hydrogen-bond acceptors (Lipinski definition) is 6. The van der Waals surface area contributed by atoms with Crippen LogP contribution in [0.15, 0.2) is 42.5 Å². The van der Waals surface area contributed by atoms with Crippen LogP contribution >= 0.6 is 0 Å². The van der Waals surface area contributed by atoms with Crippen molar-refractivity contribution in [2.24, 2.45) is 0 Å². The number of nitrogens with zero attached hydrogens (tertiary/aromatic N) is 1. The van der Waals surface area contributed by atoms with E-state index in [1.54, 1.807) is 37.3 Å². The quantitative estimate of drug-likeness (QED) is 0.558. The van der Waals surface area contributed by atoms with Crippen LogP contribution in [0.25, 0.3) is 0 Å². The zero-order chi connectivity index (χ0) is 26.3. The average Bonchev–Trinajstić information content (AvgIpc) is 2.81. The summed E-state index contributed by atoms with van der Waals surface area (Å²) in [7, 11) is -1.31. The third kappa shape index (κ3) is 4.55. The zero-order valence-corrected chi connectivity index (χ0v) is 21.4. The Morgan fingerprint density at radius 2 is 1.78 bits per heavy atom. The Labute approximate surface area is 210 Å². The number of methoxy groups -OCH3 is 2. The number of ether oxygens (including phenoxy) is 2. The van der Waals surface area contributed by atoms with E-state index in [4.69, 9.17) is 9.47 Å². The predicted molar refractivity (Wildman–Crippen MR) is 128 cm³/mol. The molecule has 196 valence electrons. The Kier molecular flexibility index (Phi) is 7.27. The van der Waals surface area contributed by atoms with E-state index in [1.165, 1.54) is 11.4 Å². The monoisotopic (exact) mass is 523 g/mol. The van der Waals surface area contributed by atoms with Crippen LogP contribution in [0, 0.1) is 11.6 Å². The van der Waals surface area contributed by atoms with E-state index in [9.17, 15) is 18.3 Å². The Morgan fingerprint density at radius 1 is 1.11 bits per heavy atom. The number of esters is 1. The van der Waals surface area contributed by atoms with Crippen molar-refractivity contribution in [2.45, 2.75) is 61.5 Å². The number of rotatable bonds is 7. The molecule has 2 aromatic carbocycles. The highest BCUT2D eigenvalue weighted by molar-refractivity contribution is 7.89. The molecule has 2 aliphatic rings. The molecule has 0 amide bonds. The van der Waals surface area contributed by atoms with Crippen LogP contribution in [0.5, 0.6) is 0 Å². The molecule has 1 saturated heterocycles. The van der Waals surface area contributed by atoms with Crippen LogP contribution in [0.2, 0.25) is 0 Å². The Balaban J connectivity index is 1.65. The predicted octanol–water partition coefficient (Wildman–Crippen LogP) is 3.60. The maximum Gasteiger partial charge on any atom is 0.316 e. The molecule has 2 unspecified atom stereocenters. The SMILES string of the molecule is COC[C@]1(O)C[C@@](C(=O)OC)(c2cc(F)c(CN3C(C)CCC(c4ccccc4)S3(=O)=O)cc2F)C1. The van der Waals surface area contributed by atoms with Crippen molar-refractivity contribution in [1.82, 2.24) is 4.31 Å². The molecule has 2 atom stereocenters. The van der Waals surface area contributed by atoms with E-state index in [1.807, 2.05) is 0 Å². The van der Waals surface area contributed by atoms with Gasteiger partial charge in [0, 0.05) is 30.8 Å². The first-order chi connectivity index (χ1) is 17.0. The molecular weight excluding hydrogens is 492 g/mol. The van der Waals surface area contributed by atoms with E-state index >= 15 is 8.78 Å². The summed E-state index contributed by atoms with van der Waals surface area (Å²) in [5.74, 6) is -2.48. The number of aliphatic hydroxyl groups is 1. The summed E-state index contributed by atoms with van der Waals surface area (Å²) in [5.41, 5.74) is -2.63. The lowest BCUT2D eigenvalue weighted by Gasteiger charge is -2.51. The van der Waals surface area contributed by atoms with Crippen molar-refractivity contribution < 1.29 is 36.6 Å². The van der Waals surface area contributed by atoms with Gasteiger partial charge in [-0.2, -0.15) is 4.31 Å². The summed E-state index contributed by atoms with van der Waals surface area (Å²) < 4.78 is 68.8. The summed E-state index contributed by atoms with van der Waals surface area (Å²) in [5, 5.41) is 9.80. The fourth-order valence-corrected chi connectivity index (χ4v) is 7.87. The van der Waals surface area contributed by atoms with E-state index < -0.39 is 49.9 Å². The van der Waals surface area contributed by atoms with Gasteiger partial charge in [-0.25, -0.2) is 17.2 Å².